The third kappa shape index (κ3) is 4.12. The number of hydrogen-bond acceptors (Lipinski definition) is 2. The zero-order chi connectivity index (χ0) is 15.2. The zero-order valence-electron chi connectivity index (χ0n) is 11.6. The number of rotatable bonds is 5. The first-order chi connectivity index (χ1) is 10.1. The van der Waals surface area contributed by atoms with Gasteiger partial charge in [-0.2, -0.15) is 0 Å². The molecule has 0 saturated carbocycles. The Bertz CT molecular complexity index is 646. The van der Waals surface area contributed by atoms with Gasteiger partial charge in [0.05, 0.1) is 4.47 Å². The second kappa shape index (κ2) is 7.33. The minimum Gasteiger partial charge on any atom is -0.322 e. The molecule has 0 aliphatic rings. The van der Waals surface area contributed by atoms with Crippen molar-refractivity contribution < 1.29 is 9.18 Å². The van der Waals surface area contributed by atoms with E-state index in [-0.39, 0.29) is 11.5 Å². The fraction of sp³-hybridized carbons (Fsp3) is 0.188. The Morgan fingerprint density at radius 3 is 2.71 bits per heavy atom. The first kappa shape index (κ1) is 15.7. The molecule has 0 bridgehead atoms. The molecule has 110 valence electrons. The quantitative estimate of drug-likeness (QED) is 0.857. The first-order valence-electron chi connectivity index (χ1n) is 6.67. The van der Waals surface area contributed by atoms with Gasteiger partial charge in [0.2, 0.25) is 0 Å². The Kier molecular flexibility index (Phi) is 5.47. The van der Waals surface area contributed by atoms with Crippen molar-refractivity contribution in [1.29, 1.82) is 0 Å². The summed E-state index contributed by atoms with van der Waals surface area (Å²) in [6.45, 7) is 3.54. The molecular weight excluding hydrogens is 335 g/mol. The Balaban J connectivity index is 2.17. The van der Waals surface area contributed by atoms with Gasteiger partial charge in [0, 0.05) is 17.8 Å². The Morgan fingerprint density at radius 1 is 1.24 bits per heavy atom. The lowest BCUT2D eigenvalue weighted by molar-refractivity contribution is 0.102. The number of halogens is 2. The maximum atomic E-state index is 13.5. The van der Waals surface area contributed by atoms with Gasteiger partial charge in [-0.25, -0.2) is 4.39 Å². The van der Waals surface area contributed by atoms with Crippen LogP contribution in [0.3, 0.4) is 0 Å². The molecule has 0 atom stereocenters. The second-order valence-corrected chi connectivity index (χ2v) is 5.37. The molecule has 0 saturated heterocycles. The number of carbonyl (C=O) groups is 1. The van der Waals surface area contributed by atoms with Crippen LogP contribution in [0, 0.1) is 5.82 Å². The summed E-state index contributed by atoms with van der Waals surface area (Å²) in [7, 11) is 0. The number of hydrogen-bond donors (Lipinski definition) is 2. The fourth-order valence-electron chi connectivity index (χ4n) is 1.89. The highest BCUT2D eigenvalue weighted by atomic mass is 79.9. The van der Waals surface area contributed by atoms with Crippen LogP contribution < -0.4 is 10.6 Å². The number of nitrogens with one attached hydrogen (secondary N) is 2. The van der Waals surface area contributed by atoms with Gasteiger partial charge in [0.25, 0.3) is 5.91 Å². The van der Waals surface area contributed by atoms with E-state index in [1.165, 1.54) is 12.1 Å². The van der Waals surface area contributed by atoms with Crippen molar-refractivity contribution in [3.63, 3.8) is 0 Å². The molecule has 2 N–H and O–H groups in total. The molecule has 0 aliphatic heterocycles. The first-order valence-corrected chi connectivity index (χ1v) is 7.46. The van der Waals surface area contributed by atoms with E-state index >= 15 is 0 Å². The molecule has 3 nitrogen and oxygen atoms in total. The van der Waals surface area contributed by atoms with E-state index in [0.717, 1.165) is 17.8 Å². The van der Waals surface area contributed by atoms with Crippen molar-refractivity contribution in [3.8, 4) is 0 Å². The van der Waals surface area contributed by atoms with Gasteiger partial charge in [-0.05, 0) is 52.3 Å². The molecule has 21 heavy (non-hydrogen) atoms. The molecule has 2 aromatic carbocycles. The molecule has 0 heterocycles. The largest absolute Gasteiger partial charge is 0.322 e. The van der Waals surface area contributed by atoms with Crippen LogP contribution in [-0.2, 0) is 6.54 Å². The summed E-state index contributed by atoms with van der Waals surface area (Å²) in [4.78, 5) is 12.2. The summed E-state index contributed by atoms with van der Waals surface area (Å²) >= 11 is 3.07. The van der Waals surface area contributed by atoms with Gasteiger partial charge in [0.1, 0.15) is 5.82 Å². The lowest BCUT2D eigenvalue weighted by Gasteiger charge is -2.11. The molecule has 0 aliphatic carbocycles. The van der Waals surface area contributed by atoms with E-state index in [1.807, 2.05) is 31.2 Å². The Morgan fingerprint density at radius 2 is 2.00 bits per heavy atom. The molecule has 0 radical (unpaired) electrons. The van der Waals surface area contributed by atoms with Crippen LogP contribution in [0.1, 0.15) is 22.8 Å². The molecule has 0 fully saturated rings. The van der Waals surface area contributed by atoms with Crippen molar-refractivity contribution in [2.75, 3.05) is 11.9 Å². The van der Waals surface area contributed by atoms with Crippen LogP contribution >= 0.6 is 15.9 Å². The SMILES string of the molecule is CCNCc1ccccc1NC(=O)c1ccc(Br)c(F)c1. The van der Waals surface area contributed by atoms with Crippen molar-refractivity contribution in [2.24, 2.45) is 0 Å². The normalized spacial score (nSPS) is 10.4. The minimum absolute atomic E-state index is 0.286. The van der Waals surface area contributed by atoms with E-state index in [4.69, 9.17) is 0 Å². The molecule has 0 aromatic heterocycles. The maximum absolute atomic E-state index is 13.5. The van der Waals surface area contributed by atoms with E-state index in [1.54, 1.807) is 6.07 Å². The Labute approximate surface area is 131 Å². The number of anilines is 1. The zero-order valence-corrected chi connectivity index (χ0v) is 13.2. The molecule has 1 amide bonds. The molecule has 0 unspecified atom stereocenters. The van der Waals surface area contributed by atoms with Crippen LogP contribution in [-0.4, -0.2) is 12.5 Å². The number of carbonyl (C=O) groups excluding carboxylic acids is 1. The Hall–Kier alpha value is -1.72. The lowest BCUT2D eigenvalue weighted by atomic mass is 10.1. The predicted molar refractivity (Wildman–Crippen MR) is 85.9 cm³/mol. The summed E-state index contributed by atoms with van der Waals surface area (Å²) in [5, 5.41) is 6.04. The monoisotopic (exact) mass is 350 g/mol. The van der Waals surface area contributed by atoms with Crippen molar-refractivity contribution >= 4 is 27.5 Å². The predicted octanol–water partition coefficient (Wildman–Crippen LogP) is 3.95. The molecule has 2 rings (SSSR count). The average molecular weight is 351 g/mol. The molecule has 5 heteroatoms. The molecule has 2 aromatic rings. The van der Waals surface area contributed by atoms with E-state index in [2.05, 4.69) is 26.6 Å². The highest BCUT2D eigenvalue weighted by Crippen LogP contribution is 2.19. The van der Waals surface area contributed by atoms with E-state index < -0.39 is 5.82 Å². The highest BCUT2D eigenvalue weighted by molar-refractivity contribution is 9.10. The van der Waals surface area contributed by atoms with Gasteiger partial charge < -0.3 is 10.6 Å². The second-order valence-electron chi connectivity index (χ2n) is 4.52. The summed E-state index contributed by atoms with van der Waals surface area (Å²) in [6.07, 6.45) is 0. The maximum Gasteiger partial charge on any atom is 0.255 e. The standard InChI is InChI=1S/C16H16BrFN2O/c1-2-19-10-12-5-3-4-6-15(12)20-16(21)11-7-8-13(17)14(18)9-11/h3-9,19H,2,10H2,1H3,(H,20,21). The van der Waals surface area contributed by atoms with Crippen LogP contribution in [0.15, 0.2) is 46.9 Å². The van der Waals surface area contributed by atoms with Crippen molar-refractivity contribution in [1.82, 2.24) is 5.32 Å². The van der Waals surface area contributed by atoms with E-state index in [0.29, 0.717) is 11.0 Å². The fourth-order valence-corrected chi connectivity index (χ4v) is 2.13. The topological polar surface area (TPSA) is 41.1 Å². The lowest BCUT2D eigenvalue weighted by Crippen LogP contribution is -2.17. The number of amides is 1. The molecular formula is C16H16BrFN2O. The smallest absolute Gasteiger partial charge is 0.255 e. The van der Waals surface area contributed by atoms with Gasteiger partial charge in [-0.1, -0.05) is 25.1 Å². The summed E-state index contributed by atoms with van der Waals surface area (Å²) in [5.74, 6) is -0.783. The summed E-state index contributed by atoms with van der Waals surface area (Å²) in [5.41, 5.74) is 2.01. The molecule has 0 spiro atoms. The summed E-state index contributed by atoms with van der Waals surface area (Å²) in [6, 6.07) is 11.9. The van der Waals surface area contributed by atoms with Gasteiger partial charge in [-0.3, -0.25) is 4.79 Å². The van der Waals surface area contributed by atoms with Crippen LogP contribution in [0.2, 0.25) is 0 Å². The van der Waals surface area contributed by atoms with Gasteiger partial charge in [0.15, 0.2) is 0 Å². The number of para-hydroxylation sites is 1. The van der Waals surface area contributed by atoms with Crippen molar-refractivity contribution in [2.45, 2.75) is 13.5 Å². The number of benzene rings is 2. The van der Waals surface area contributed by atoms with E-state index in [9.17, 15) is 9.18 Å². The highest BCUT2D eigenvalue weighted by Gasteiger charge is 2.10. The van der Waals surface area contributed by atoms with Gasteiger partial charge in [-0.15, -0.1) is 0 Å². The third-order valence-electron chi connectivity index (χ3n) is 3.01. The minimum atomic E-state index is -0.455. The van der Waals surface area contributed by atoms with Crippen LogP contribution in [0.5, 0.6) is 0 Å². The van der Waals surface area contributed by atoms with Crippen molar-refractivity contribution in [3.05, 3.63) is 63.9 Å². The van der Waals surface area contributed by atoms with Crippen LogP contribution in [0.4, 0.5) is 10.1 Å². The van der Waals surface area contributed by atoms with Gasteiger partial charge >= 0.3 is 0 Å². The van der Waals surface area contributed by atoms with Crippen LogP contribution in [0.25, 0.3) is 0 Å². The summed E-state index contributed by atoms with van der Waals surface area (Å²) < 4.78 is 13.8. The third-order valence-corrected chi connectivity index (χ3v) is 3.66. The average Bonchev–Trinajstić information content (AvgIpc) is 2.49.